The standard InChI is InChI=1S/C22H20N4O4S2/c1-2-29-18-13-14(8-9-17(18)27)12-16-19(23)26-21(24-20(16)28)32-22(25-26)31-11-10-30-15-6-4-3-5-7-15/h3-9,12-13H,2,10-11,23H2,1H3/b14-12+. The monoisotopic (exact) mass is 468 g/mol. The Morgan fingerprint density at radius 1 is 1.19 bits per heavy atom. The number of nitrogens with zero attached hydrogens (tertiary/aromatic N) is 3. The second-order valence-corrected chi connectivity index (χ2v) is 8.87. The molecule has 1 aliphatic carbocycles. The average Bonchev–Trinajstić information content (AvgIpc) is 3.20. The highest BCUT2D eigenvalue weighted by Crippen LogP contribution is 2.26. The van der Waals surface area contributed by atoms with Crippen LogP contribution in [0.1, 0.15) is 12.5 Å². The second-order valence-electron chi connectivity index (χ2n) is 6.57. The molecule has 8 nitrogen and oxygen atoms in total. The molecule has 0 unspecified atom stereocenters. The summed E-state index contributed by atoms with van der Waals surface area (Å²) >= 11 is 2.79. The number of benzene rings is 1. The Hall–Kier alpha value is -3.37. The third kappa shape index (κ3) is 4.92. The molecule has 2 N–H and O–H groups in total. The summed E-state index contributed by atoms with van der Waals surface area (Å²) in [6.07, 6.45) is 6.16. The first-order valence-electron chi connectivity index (χ1n) is 9.83. The Kier molecular flexibility index (Phi) is 6.72. The van der Waals surface area contributed by atoms with Crippen molar-refractivity contribution in [2.45, 2.75) is 11.3 Å². The molecule has 4 rings (SSSR count). The fourth-order valence-electron chi connectivity index (χ4n) is 2.91. The highest BCUT2D eigenvalue weighted by atomic mass is 32.2. The van der Waals surface area contributed by atoms with Crippen LogP contribution >= 0.6 is 23.1 Å². The lowest BCUT2D eigenvalue weighted by Gasteiger charge is -2.10. The Bertz CT molecular complexity index is 1290. The molecule has 0 spiro atoms. The Morgan fingerprint density at radius 2 is 2.00 bits per heavy atom. The number of ether oxygens (including phenoxy) is 2. The molecule has 1 aliphatic rings. The summed E-state index contributed by atoms with van der Waals surface area (Å²) in [5, 5.41) is 4.48. The van der Waals surface area contributed by atoms with Gasteiger partial charge in [0.1, 0.15) is 11.6 Å². The summed E-state index contributed by atoms with van der Waals surface area (Å²) in [5.74, 6) is 1.68. The van der Waals surface area contributed by atoms with Crippen LogP contribution in [0.25, 0.3) is 11.0 Å². The predicted molar refractivity (Wildman–Crippen MR) is 126 cm³/mol. The molecular formula is C22H20N4O4S2. The summed E-state index contributed by atoms with van der Waals surface area (Å²) in [5.41, 5.74) is 6.61. The van der Waals surface area contributed by atoms with E-state index in [0.717, 1.165) is 10.1 Å². The van der Waals surface area contributed by atoms with E-state index in [4.69, 9.17) is 15.2 Å². The van der Waals surface area contributed by atoms with Gasteiger partial charge in [0.2, 0.25) is 10.7 Å². The Morgan fingerprint density at radius 3 is 2.78 bits per heavy atom. The second kappa shape index (κ2) is 9.84. The topological polar surface area (TPSA) is 109 Å². The van der Waals surface area contributed by atoms with Gasteiger partial charge in [0.25, 0.3) is 5.56 Å². The molecule has 0 saturated heterocycles. The van der Waals surface area contributed by atoms with Crippen LogP contribution in [-0.2, 0) is 9.53 Å². The van der Waals surface area contributed by atoms with E-state index in [0.29, 0.717) is 29.5 Å². The van der Waals surface area contributed by atoms with Crippen LogP contribution in [0.4, 0.5) is 5.82 Å². The van der Waals surface area contributed by atoms with Gasteiger partial charge in [0.15, 0.2) is 10.1 Å². The number of hydrogen-bond acceptors (Lipinski definition) is 9. The van der Waals surface area contributed by atoms with Gasteiger partial charge in [0.05, 0.1) is 18.8 Å². The van der Waals surface area contributed by atoms with Gasteiger partial charge in [-0.1, -0.05) is 47.4 Å². The van der Waals surface area contributed by atoms with Gasteiger partial charge in [0, 0.05) is 5.75 Å². The highest BCUT2D eigenvalue weighted by molar-refractivity contribution is 8.01. The molecule has 0 aliphatic heterocycles. The first-order chi connectivity index (χ1) is 15.5. The van der Waals surface area contributed by atoms with E-state index < -0.39 is 5.56 Å². The Labute approximate surface area is 192 Å². The number of hydrogen-bond donors (Lipinski definition) is 1. The minimum absolute atomic E-state index is 0.188. The quantitative estimate of drug-likeness (QED) is 0.396. The molecule has 0 radical (unpaired) electrons. The number of thioether (sulfide) groups is 1. The zero-order valence-corrected chi connectivity index (χ0v) is 18.8. The summed E-state index contributed by atoms with van der Waals surface area (Å²) in [6, 6.07) is 9.58. The van der Waals surface area contributed by atoms with Crippen molar-refractivity contribution >= 4 is 45.7 Å². The molecule has 1 aromatic carbocycles. The molecule has 10 heteroatoms. The molecule has 32 heavy (non-hydrogen) atoms. The van der Waals surface area contributed by atoms with Gasteiger partial charge < -0.3 is 15.2 Å². The first-order valence-corrected chi connectivity index (χ1v) is 11.6. The normalized spacial score (nSPS) is 14.7. The largest absolute Gasteiger partial charge is 0.493 e. The number of carbonyl (C=O) groups is 1. The number of fused-ring (bicyclic) bond motifs is 1. The minimum atomic E-state index is -0.459. The van der Waals surface area contributed by atoms with Crippen molar-refractivity contribution in [3.8, 4) is 5.75 Å². The number of allylic oxidation sites excluding steroid dienone is 4. The number of anilines is 1. The molecule has 0 fully saturated rings. The number of aromatic nitrogens is 3. The zero-order valence-electron chi connectivity index (χ0n) is 17.2. The van der Waals surface area contributed by atoms with Crippen molar-refractivity contribution in [3.63, 3.8) is 0 Å². The van der Waals surface area contributed by atoms with Crippen LogP contribution in [0.2, 0.25) is 0 Å². The number of ketones is 1. The summed E-state index contributed by atoms with van der Waals surface area (Å²) in [7, 11) is 0. The van der Waals surface area contributed by atoms with E-state index in [1.54, 1.807) is 25.2 Å². The van der Waals surface area contributed by atoms with Gasteiger partial charge in [-0.05, 0) is 42.9 Å². The molecular weight excluding hydrogens is 448 g/mol. The fourth-order valence-corrected chi connectivity index (χ4v) is 4.74. The number of rotatable bonds is 8. The number of nitrogens with two attached hydrogens (primary N) is 1. The van der Waals surface area contributed by atoms with Crippen molar-refractivity contribution in [1.82, 2.24) is 14.6 Å². The van der Waals surface area contributed by atoms with E-state index in [1.807, 2.05) is 30.3 Å². The van der Waals surface area contributed by atoms with Crippen molar-refractivity contribution in [3.05, 3.63) is 75.8 Å². The van der Waals surface area contributed by atoms with Crippen LogP contribution in [0, 0.1) is 0 Å². The zero-order chi connectivity index (χ0) is 22.5. The van der Waals surface area contributed by atoms with Crippen molar-refractivity contribution in [2.75, 3.05) is 24.7 Å². The van der Waals surface area contributed by atoms with E-state index in [1.165, 1.54) is 33.7 Å². The van der Waals surface area contributed by atoms with Crippen LogP contribution in [0.15, 0.2) is 69.0 Å². The van der Waals surface area contributed by atoms with Gasteiger partial charge in [-0.25, -0.2) is 0 Å². The number of carbonyl (C=O) groups excluding carboxylic acids is 1. The van der Waals surface area contributed by atoms with Crippen molar-refractivity contribution < 1.29 is 14.3 Å². The molecule has 0 saturated carbocycles. The summed E-state index contributed by atoms with van der Waals surface area (Å²) < 4.78 is 13.2. The lowest BCUT2D eigenvalue weighted by molar-refractivity contribution is -0.114. The molecule has 0 atom stereocenters. The SMILES string of the molecule is CCOC1=C/C(=C/c2c(N)n3nc(SCCOc4ccccc4)sc3nc2=O)C=CC1=O. The van der Waals surface area contributed by atoms with Crippen LogP contribution < -0.4 is 16.0 Å². The van der Waals surface area contributed by atoms with E-state index in [9.17, 15) is 9.59 Å². The van der Waals surface area contributed by atoms with E-state index in [-0.39, 0.29) is 22.9 Å². The summed E-state index contributed by atoms with van der Waals surface area (Å²) in [4.78, 5) is 29.0. The lowest BCUT2D eigenvalue weighted by atomic mass is 10.0. The van der Waals surface area contributed by atoms with Crippen LogP contribution in [-0.4, -0.2) is 39.3 Å². The Balaban J connectivity index is 1.52. The first kappa shape index (κ1) is 21.8. The molecule has 164 valence electrons. The fraction of sp³-hybridized carbons (Fsp3) is 0.182. The molecule has 0 bridgehead atoms. The minimum Gasteiger partial charge on any atom is -0.493 e. The van der Waals surface area contributed by atoms with E-state index in [2.05, 4.69) is 10.1 Å². The lowest BCUT2D eigenvalue weighted by Crippen LogP contribution is -2.17. The molecule has 2 heterocycles. The van der Waals surface area contributed by atoms with Gasteiger partial charge in [-0.15, -0.1) is 5.10 Å². The van der Waals surface area contributed by atoms with Gasteiger partial charge in [-0.2, -0.15) is 9.50 Å². The maximum atomic E-state index is 12.6. The van der Waals surface area contributed by atoms with Crippen molar-refractivity contribution in [1.29, 1.82) is 0 Å². The number of para-hydroxylation sites is 1. The highest BCUT2D eigenvalue weighted by Gasteiger charge is 2.16. The smallest absolute Gasteiger partial charge is 0.283 e. The predicted octanol–water partition coefficient (Wildman–Crippen LogP) is 3.35. The average molecular weight is 469 g/mol. The molecule has 2 aromatic heterocycles. The van der Waals surface area contributed by atoms with Crippen molar-refractivity contribution in [2.24, 2.45) is 0 Å². The van der Waals surface area contributed by atoms with Crippen LogP contribution in [0.3, 0.4) is 0 Å². The maximum Gasteiger partial charge on any atom is 0.283 e. The summed E-state index contributed by atoms with van der Waals surface area (Å²) in [6.45, 7) is 2.68. The third-order valence-corrected chi connectivity index (χ3v) is 6.38. The van der Waals surface area contributed by atoms with Crippen LogP contribution in [0.5, 0.6) is 5.75 Å². The molecule has 3 aromatic rings. The van der Waals surface area contributed by atoms with E-state index >= 15 is 0 Å². The van der Waals surface area contributed by atoms with Gasteiger partial charge >= 0.3 is 0 Å². The third-order valence-electron chi connectivity index (χ3n) is 4.37. The number of nitrogen functional groups attached to an aromatic ring is 1. The molecule has 0 amide bonds. The van der Waals surface area contributed by atoms with Gasteiger partial charge in [-0.3, -0.25) is 9.59 Å². The maximum absolute atomic E-state index is 12.6.